The lowest BCUT2D eigenvalue weighted by Crippen LogP contribution is -2.39. The number of hydrogen-bond acceptors (Lipinski definition) is 3. The van der Waals surface area contributed by atoms with Crippen molar-refractivity contribution in [2.75, 3.05) is 7.05 Å². The van der Waals surface area contributed by atoms with Crippen LogP contribution in [-0.4, -0.2) is 28.8 Å². The zero-order valence-corrected chi connectivity index (χ0v) is 15.5. The van der Waals surface area contributed by atoms with E-state index in [0.29, 0.717) is 5.92 Å². The quantitative estimate of drug-likeness (QED) is 0.571. The zero-order valence-electron chi connectivity index (χ0n) is 15.5. The van der Waals surface area contributed by atoms with Crippen molar-refractivity contribution in [1.82, 2.24) is 4.90 Å². The van der Waals surface area contributed by atoms with Crippen LogP contribution in [0.15, 0.2) is 42.5 Å². The van der Waals surface area contributed by atoms with E-state index in [1.165, 1.54) is 18.6 Å². The summed E-state index contributed by atoms with van der Waals surface area (Å²) in [6.45, 7) is 1.34. The molecule has 142 valence electrons. The lowest BCUT2D eigenvalue weighted by Gasteiger charge is -2.35. The van der Waals surface area contributed by atoms with Gasteiger partial charge in [-0.05, 0) is 50.2 Å². The van der Waals surface area contributed by atoms with Crippen LogP contribution in [0, 0.1) is 22.9 Å². The van der Waals surface area contributed by atoms with E-state index in [-0.39, 0.29) is 28.8 Å². The van der Waals surface area contributed by atoms with Crippen molar-refractivity contribution in [3.05, 3.63) is 75.1 Å². The van der Waals surface area contributed by atoms with Crippen molar-refractivity contribution in [2.45, 2.75) is 44.6 Å². The summed E-state index contributed by atoms with van der Waals surface area (Å²) in [5.74, 6) is -0.613. The fourth-order valence-corrected chi connectivity index (χ4v) is 3.87. The predicted octanol–water partition coefficient (Wildman–Crippen LogP) is 4.84. The molecule has 2 aromatic rings. The first-order chi connectivity index (χ1) is 12.9. The zero-order chi connectivity index (χ0) is 19.6. The smallest absolute Gasteiger partial charge is 0.276 e. The van der Waals surface area contributed by atoms with Crippen molar-refractivity contribution in [1.29, 1.82) is 0 Å². The summed E-state index contributed by atoms with van der Waals surface area (Å²) in [7, 11) is 1.69. The molecule has 0 saturated heterocycles. The molecule has 0 heterocycles. The third-order valence-electron chi connectivity index (χ3n) is 5.60. The van der Waals surface area contributed by atoms with E-state index in [9.17, 15) is 19.3 Å². The van der Waals surface area contributed by atoms with E-state index >= 15 is 0 Å². The highest BCUT2D eigenvalue weighted by molar-refractivity contribution is 5.95. The second kappa shape index (κ2) is 7.86. The number of nitro benzene ring substituents is 1. The average Bonchev–Trinajstić information content (AvgIpc) is 2.69. The second-order valence-corrected chi connectivity index (χ2v) is 7.19. The third-order valence-corrected chi connectivity index (χ3v) is 5.60. The van der Waals surface area contributed by atoms with E-state index < -0.39 is 10.7 Å². The molecule has 0 N–H and O–H groups in total. The van der Waals surface area contributed by atoms with E-state index in [1.807, 2.05) is 18.2 Å². The molecule has 6 heteroatoms. The minimum Gasteiger partial charge on any atom is -0.339 e. The molecule has 27 heavy (non-hydrogen) atoms. The maximum Gasteiger partial charge on any atom is 0.276 e. The number of rotatable bonds is 4. The maximum atomic E-state index is 14.0. The van der Waals surface area contributed by atoms with Crippen LogP contribution in [0.1, 0.15) is 53.1 Å². The molecule has 1 saturated carbocycles. The minimum absolute atomic E-state index is 0.0254. The van der Waals surface area contributed by atoms with Crippen LogP contribution < -0.4 is 0 Å². The molecule has 0 radical (unpaired) electrons. The number of nitro groups is 1. The lowest BCUT2D eigenvalue weighted by atomic mass is 9.81. The van der Waals surface area contributed by atoms with Crippen molar-refractivity contribution < 1.29 is 14.1 Å². The SMILES string of the molecule is Cc1c(F)cc(C(=O)N(C)C2CCC(c3ccccc3)CC2)cc1[N+](=O)[O-]. The standard InChI is InChI=1S/C21H23FN2O3/c1-14-19(22)12-17(13-20(14)24(26)27)21(25)23(2)18-10-8-16(9-11-18)15-6-4-3-5-7-15/h3-7,12-13,16,18H,8-11H2,1-2H3. The molecule has 1 fully saturated rings. The molecule has 1 aliphatic carbocycles. The Kier molecular flexibility index (Phi) is 5.54. The van der Waals surface area contributed by atoms with Crippen molar-refractivity contribution in [3.63, 3.8) is 0 Å². The molecule has 0 bridgehead atoms. The van der Waals surface area contributed by atoms with Gasteiger partial charge < -0.3 is 4.90 Å². The summed E-state index contributed by atoms with van der Waals surface area (Å²) in [6.07, 6.45) is 3.68. The van der Waals surface area contributed by atoms with Crippen LogP contribution in [0.4, 0.5) is 10.1 Å². The summed E-state index contributed by atoms with van der Waals surface area (Å²) < 4.78 is 14.0. The van der Waals surface area contributed by atoms with E-state index in [4.69, 9.17) is 0 Å². The Morgan fingerprint density at radius 2 is 1.78 bits per heavy atom. The fraction of sp³-hybridized carbons (Fsp3) is 0.381. The molecular formula is C21H23FN2O3. The highest BCUT2D eigenvalue weighted by Gasteiger charge is 2.29. The number of halogens is 1. The van der Waals surface area contributed by atoms with Crippen LogP contribution in [0.3, 0.4) is 0 Å². The molecule has 2 aromatic carbocycles. The van der Waals surface area contributed by atoms with Crippen molar-refractivity contribution >= 4 is 11.6 Å². The van der Waals surface area contributed by atoms with Gasteiger partial charge in [0, 0.05) is 24.7 Å². The average molecular weight is 370 g/mol. The normalized spacial score (nSPS) is 19.5. The van der Waals surface area contributed by atoms with Gasteiger partial charge in [-0.1, -0.05) is 30.3 Å². The Balaban J connectivity index is 1.71. The molecule has 5 nitrogen and oxygen atoms in total. The number of carbonyl (C=O) groups excluding carboxylic acids is 1. The number of benzene rings is 2. The molecule has 1 aliphatic rings. The van der Waals surface area contributed by atoms with E-state index in [1.54, 1.807) is 11.9 Å². The van der Waals surface area contributed by atoms with Gasteiger partial charge in [-0.3, -0.25) is 14.9 Å². The largest absolute Gasteiger partial charge is 0.339 e. The van der Waals surface area contributed by atoms with E-state index in [0.717, 1.165) is 31.7 Å². The number of nitrogens with zero attached hydrogens (tertiary/aromatic N) is 2. The molecule has 0 aliphatic heterocycles. The van der Waals surface area contributed by atoms with Gasteiger partial charge in [-0.2, -0.15) is 0 Å². The van der Waals surface area contributed by atoms with Gasteiger partial charge in [-0.25, -0.2) is 4.39 Å². The summed E-state index contributed by atoms with van der Waals surface area (Å²) in [5, 5.41) is 11.1. The fourth-order valence-electron chi connectivity index (χ4n) is 3.87. The monoisotopic (exact) mass is 370 g/mol. The van der Waals surface area contributed by atoms with Crippen molar-refractivity contribution in [2.24, 2.45) is 0 Å². The van der Waals surface area contributed by atoms with Crippen LogP contribution >= 0.6 is 0 Å². The molecule has 1 amide bonds. The van der Waals surface area contributed by atoms with Gasteiger partial charge in [-0.15, -0.1) is 0 Å². The van der Waals surface area contributed by atoms with Gasteiger partial charge in [0.25, 0.3) is 11.6 Å². The first kappa shape index (κ1) is 19.0. The molecule has 0 aromatic heterocycles. The first-order valence-corrected chi connectivity index (χ1v) is 9.15. The highest BCUT2D eigenvalue weighted by atomic mass is 19.1. The predicted molar refractivity (Wildman–Crippen MR) is 101 cm³/mol. The molecule has 0 spiro atoms. The lowest BCUT2D eigenvalue weighted by molar-refractivity contribution is -0.385. The topological polar surface area (TPSA) is 63.5 Å². The van der Waals surface area contributed by atoms with Gasteiger partial charge in [0.2, 0.25) is 0 Å². The Morgan fingerprint density at radius 1 is 1.15 bits per heavy atom. The first-order valence-electron chi connectivity index (χ1n) is 9.15. The van der Waals surface area contributed by atoms with E-state index in [2.05, 4.69) is 12.1 Å². The van der Waals surface area contributed by atoms with Gasteiger partial charge >= 0.3 is 0 Å². The van der Waals surface area contributed by atoms with Gasteiger partial charge in [0.15, 0.2) is 0 Å². The van der Waals surface area contributed by atoms with Crippen LogP contribution in [-0.2, 0) is 0 Å². The van der Waals surface area contributed by atoms with Gasteiger partial charge in [0.1, 0.15) is 5.82 Å². The van der Waals surface area contributed by atoms with Gasteiger partial charge in [0.05, 0.1) is 10.5 Å². The molecule has 0 atom stereocenters. The summed E-state index contributed by atoms with van der Waals surface area (Å²) in [6, 6.07) is 12.7. The second-order valence-electron chi connectivity index (χ2n) is 7.19. The Hall–Kier alpha value is -2.76. The molecular weight excluding hydrogens is 347 g/mol. The number of hydrogen-bond donors (Lipinski definition) is 0. The number of carbonyl (C=O) groups is 1. The van der Waals surface area contributed by atoms with Crippen LogP contribution in [0.25, 0.3) is 0 Å². The Bertz CT molecular complexity index is 846. The molecule has 3 rings (SSSR count). The highest BCUT2D eigenvalue weighted by Crippen LogP contribution is 2.35. The summed E-state index contributed by atoms with van der Waals surface area (Å²) in [4.78, 5) is 24.8. The molecule has 0 unspecified atom stereocenters. The minimum atomic E-state index is -0.728. The Labute approximate surface area is 158 Å². The van der Waals surface area contributed by atoms with Crippen LogP contribution in [0.2, 0.25) is 0 Å². The van der Waals surface area contributed by atoms with Crippen molar-refractivity contribution in [3.8, 4) is 0 Å². The summed E-state index contributed by atoms with van der Waals surface area (Å²) >= 11 is 0. The Morgan fingerprint density at radius 3 is 2.37 bits per heavy atom. The maximum absolute atomic E-state index is 14.0. The van der Waals surface area contributed by atoms with Crippen LogP contribution in [0.5, 0.6) is 0 Å². The number of amides is 1. The summed E-state index contributed by atoms with van der Waals surface area (Å²) in [5.41, 5.74) is 0.931. The third kappa shape index (κ3) is 3.99.